The summed E-state index contributed by atoms with van der Waals surface area (Å²) in [5.41, 5.74) is 2.78. The number of aryl methyl sites for hydroxylation is 1. The van der Waals surface area contributed by atoms with Crippen molar-refractivity contribution in [1.29, 1.82) is 0 Å². The molecule has 0 bridgehead atoms. The molecule has 1 radical (unpaired) electrons. The van der Waals surface area contributed by atoms with Crippen LogP contribution in [0.3, 0.4) is 0 Å². The van der Waals surface area contributed by atoms with Crippen molar-refractivity contribution in [2.45, 2.75) is 38.0 Å². The van der Waals surface area contributed by atoms with E-state index in [0.717, 1.165) is 4.90 Å². The molecule has 0 N–H and O–H groups in total. The van der Waals surface area contributed by atoms with E-state index in [0.29, 0.717) is 0 Å². The summed E-state index contributed by atoms with van der Waals surface area (Å²) in [6.45, 7) is 8.72. The third kappa shape index (κ3) is 1.78. The fourth-order valence-electron chi connectivity index (χ4n) is 1.60. The van der Waals surface area contributed by atoms with Crippen LogP contribution in [0, 0.1) is 6.92 Å². The van der Waals surface area contributed by atoms with Crippen LogP contribution in [0.1, 0.15) is 31.9 Å². The van der Waals surface area contributed by atoms with Gasteiger partial charge >= 0.3 is 0 Å². The minimum absolute atomic E-state index is 0.169. The van der Waals surface area contributed by atoms with E-state index in [1.807, 2.05) is 12.1 Å². The molecule has 1 rings (SSSR count). The molecule has 0 aliphatic carbocycles. The van der Waals surface area contributed by atoms with Crippen LogP contribution in [0.25, 0.3) is 0 Å². The van der Waals surface area contributed by atoms with Crippen molar-refractivity contribution in [3.05, 3.63) is 29.3 Å². The number of hydrogen-bond acceptors (Lipinski definition) is 0. The Kier molecular flexibility index (Phi) is 2.43. The van der Waals surface area contributed by atoms with Gasteiger partial charge in [-0.05, 0) is 29.5 Å². The summed E-state index contributed by atoms with van der Waals surface area (Å²) in [7, 11) is 0. The summed E-state index contributed by atoms with van der Waals surface area (Å²) in [6.07, 6.45) is 0. The Hall–Kier alpha value is -0.560. The zero-order valence-corrected chi connectivity index (χ0v) is 8.96. The fraction of sp³-hybridized carbons (Fsp3) is 0.455. The van der Waals surface area contributed by atoms with Crippen LogP contribution >= 0.6 is 12.6 Å². The van der Waals surface area contributed by atoms with Crippen LogP contribution in [0.15, 0.2) is 23.1 Å². The zero-order valence-electron chi connectivity index (χ0n) is 8.14. The second kappa shape index (κ2) is 3.06. The molecule has 0 spiro atoms. The second-order valence-corrected chi connectivity index (χ2v) is 4.64. The lowest BCUT2D eigenvalue weighted by atomic mass is 9.84. The van der Waals surface area contributed by atoms with Gasteiger partial charge < -0.3 is 0 Å². The molecule has 0 amide bonds. The maximum Gasteiger partial charge on any atom is 0.0417 e. The molecule has 0 saturated carbocycles. The number of benzene rings is 1. The van der Waals surface area contributed by atoms with Gasteiger partial charge in [-0.15, -0.1) is 0 Å². The van der Waals surface area contributed by atoms with Gasteiger partial charge in [0.1, 0.15) is 0 Å². The van der Waals surface area contributed by atoms with Gasteiger partial charge in [-0.2, -0.15) is 0 Å². The van der Waals surface area contributed by atoms with Gasteiger partial charge in [-0.3, -0.25) is 0 Å². The third-order valence-electron chi connectivity index (χ3n) is 1.98. The van der Waals surface area contributed by atoms with Crippen LogP contribution < -0.4 is 0 Å². The summed E-state index contributed by atoms with van der Waals surface area (Å²) >= 11 is 5.29. The summed E-state index contributed by atoms with van der Waals surface area (Å²) < 4.78 is 0. The van der Waals surface area contributed by atoms with Crippen molar-refractivity contribution in [3.63, 3.8) is 0 Å². The minimum atomic E-state index is 0.169. The highest BCUT2D eigenvalue weighted by atomic mass is 32.1. The van der Waals surface area contributed by atoms with Crippen molar-refractivity contribution < 1.29 is 0 Å². The largest absolute Gasteiger partial charge is 0.0798 e. The first-order valence-corrected chi connectivity index (χ1v) is 4.61. The van der Waals surface area contributed by atoms with Crippen LogP contribution in [0.4, 0.5) is 0 Å². The summed E-state index contributed by atoms with van der Waals surface area (Å²) in [5, 5.41) is 0. The first kappa shape index (κ1) is 9.53. The van der Waals surface area contributed by atoms with Gasteiger partial charge in [0.25, 0.3) is 0 Å². The van der Waals surface area contributed by atoms with E-state index in [1.165, 1.54) is 11.1 Å². The SMILES string of the molecule is Cc1cccc([S])c1C(C)(C)C. The number of hydrogen-bond donors (Lipinski definition) is 0. The summed E-state index contributed by atoms with van der Waals surface area (Å²) in [4.78, 5) is 0.988. The molecular formula is C11H15S. The van der Waals surface area contributed by atoms with Crippen molar-refractivity contribution in [2.24, 2.45) is 0 Å². The Morgan fingerprint density at radius 3 is 2.08 bits per heavy atom. The average molecular weight is 179 g/mol. The van der Waals surface area contributed by atoms with Gasteiger partial charge in [0.15, 0.2) is 0 Å². The van der Waals surface area contributed by atoms with Crippen LogP contribution in [0.2, 0.25) is 0 Å². The average Bonchev–Trinajstić information content (AvgIpc) is 1.82. The lowest BCUT2D eigenvalue weighted by Gasteiger charge is -2.22. The van der Waals surface area contributed by atoms with E-state index < -0.39 is 0 Å². The van der Waals surface area contributed by atoms with Crippen molar-refractivity contribution in [1.82, 2.24) is 0 Å². The molecule has 0 atom stereocenters. The van der Waals surface area contributed by atoms with E-state index in [1.54, 1.807) is 0 Å². The predicted molar refractivity (Wildman–Crippen MR) is 55.7 cm³/mol. The van der Waals surface area contributed by atoms with E-state index >= 15 is 0 Å². The zero-order chi connectivity index (χ0) is 9.35. The van der Waals surface area contributed by atoms with Gasteiger partial charge in [-0.25, -0.2) is 0 Å². The monoisotopic (exact) mass is 179 g/mol. The topological polar surface area (TPSA) is 0 Å². The maximum absolute atomic E-state index is 5.29. The molecule has 0 saturated heterocycles. The highest BCUT2D eigenvalue weighted by molar-refractivity contribution is 7.80. The summed E-state index contributed by atoms with van der Waals surface area (Å²) in [6, 6.07) is 6.15. The van der Waals surface area contributed by atoms with Crippen molar-refractivity contribution >= 4 is 12.6 Å². The highest BCUT2D eigenvalue weighted by Crippen LogP contribution is 2.30. The van der Waals surface area contributed by atoms with E-state index in [4.69, 9.17) is 12.6 Å². The Morgan fingerprint density at radius 1 is 1.17 bits per heavy atom. The third-order valence-corrected chi connectivity index (χ3v) is 2.32. The minimum Gasteiger partial charge on any atom is -0.0798 e. The Labute approximate surface area is 80.4 Å². The summed E-state index contributed by atoms with van der Waals surface area (Å²) in [5.74, 6) is 0. The molecule has 1 aromatic carbocycles. The molecule has 65 valence electrons. The Balaban J connectivity index is 3.31. The molecule has 1 aromatic rings. The predicted octanol–water partition coefficient (Wildman–Crippen LogP) is 3.85. The molecule has 0 aromatic heterocycles. The maximum atomic E-state index is 5.29. The molecule has 0 nitrogen and oxygen atoms in total. The van der Waals surface area contributed by atoms with Crippen molar-refractivity contribution in [3.8, 4) is 0 Å². The van der Waals surface area contributed by atoms with Gasteiger partial charge in [0, 0.05) is 4.90 Å². The lowest BCUT2D eigenvalue weighted by Crippen LogP contribution is -2.13. The Morgan fingerprint density at radius 2 is 1.75 bits per heavy atom. The van der Waals surface area contributed by atoms with E-state index in [9.17, 15) is 0 Å². The molecule has 1 heteroatoms. The lowest BCUT2D eigenvalue weighted by molar-refractivity contribution is 0.574. The van der Waals surface area contributed by atoms with Crippen LogP contribution in [-0.2, 0) is 5.41 Å². The van der Waals surface area contributed by atoms with E-state index in [2.05, 4.69) is 33.8 Å². The van der Waals surface area contributed by atoms with Gasteiger partial charge in [0.05, 0.1) is 0 Å². The Bertz CT molecular complexity index is 261. The molecule has 0 heterocycles. The fourth-order valence-corrected chi connectivity index (χ4v) is 2.15. The molecule has 0 aliphatic rings. The highest BCUT2D eigenvalue weighted by Gasteiger charge is 2.18. The first-order valence-electron chi connectivity index (χ1n) is 4.20. The van der Waals surface area contributed by atoms with Gasteiger partial charge in [-0.1, -0.05) is 45.5 Å². The quantitative estimate of drug-likeness (QED) is 0.567. The molecule has 12 heavy (non-hydrogen) atoms. The smallest absolute Gasteiger partial charge is 0.0417 e. The number of rotatable bonds is 0. The van der Waals surface area contributed by atoms with Crippen molar-refractivity contribution in [2.75, 3.05) is 0 Å². The first-order chi connectivity index (χ1) is 5.43. The normalized spacial score (nSPS) is 11.7. The molecule has 0 fully saturated rings. The molecular weight excluding hydrogens is 164 g/mol. The molecule has 0 unspecified atom stereocenters. The second-order valence-electron chi connectivity index (χ2n) is 4.20. The van der Waals surface area contributed by atoms with Gasteiger partial charge in [0.2, 0.25) is 0 Å². The van der Waals surface area contributed by atoms with E-state index in [-0.39, 0.29) is 5.41 Å². The van der Waals surface area contributed by atoms with Crippen LogP contribution in [-0.4, -0.2) is 0 Å². The standard InChI is InChI=1S/C11H15S/c1-8-6-5-7-9(12)10(8)11(2,3)4/h5-7H,1-4H3. The molecule has 0 aliphatic heterocycles. The van der Waals surface area contributed by atoms with Crippen LogP contribution in [0.5, 0.6) is 0 Å².